The van der Waals surface area contributed by atoms with Crippen molar-refractivity contribution >= 4 is 69.3 Å². The molecule has 6 aromatic heterocycles. The van der Waals surface area contributed by atoms with Gasteiger partial charge in [0.05, 0.1) is 157 Å². The summed E-state index contributed by atoms with van der Waals surface area (Å²) >= 11 is 0. The van der Waals surface area contributed by atoms with E-state index in [2.05, 4.69) is 186 Å². The molecule has 0 aliphatic carbocycles. The van der Waals surface area contributed by atoms with Crippen LogP contribution in [0.15, 0.2) is 225 Å². The van der Waals surface area contributed by atoms with Crippen molar-refractivity contribution < 1.29 is 47.8 Å². The van der Waals surface area contributed by atoms with Crippen LogP contribution in [0.4, 0.5) is 69.3 Å². The van der Waals surface area contributed by atoms with Crippen molar-refractivity contribution in [1.29, 1.82) is 0 Å². The number of aryl methyl sites for hydroxylation is 12. The number of nitrogens with zero attached hydrogens (tertiary/aromatic N) is 24. The van der Waals surface area contributed by atoms with Gasteiger partial charge in [0.15, 0.2) is 0 Å². The van der Waals surface area contributed by atoms with Gasteiger partial charge in [-0.1, -0.05) is 20.5 Å². The van der Waals surface area contributed by atoms with Gasteiger partial charge in [0.25, 0.3) is 0 Å². The van der Waals surface area contributed by atoms with Crippen LogP contribution in [0.3, 0.4) is 0 Å². The summed E-state index contributed by atoms with van der Waals surface area (Å²) in [6.45, 7) is 13.4. The van der Waals surface area contributed by atoms with E-state index in [0.717, 1.165) is 162 Å². The highest BCUT2D eigenvalue weighted by molar-refractivity contribution is 5.56. The number of aromatic nitrogens is 12. The predicted octanol–water partition coefficient (Wildman–Crippen LogP) is 8.86. The molecular formula is C74H102N24O4+6. The fourth-order valence-electron chi connectivity index (χ4n) is 12.9. The topological polar surface area (TPSA) is 246 Å². The Morgan fingerprint density at radius 2 is 0.618 bits per heavy atom. The van der Waals surface area contributed by atoms with Crippen LogP contribution in [0.25, 0.3) is 0 Å². The quantitative estimate of drug-likeness (QED) is 0.0218. The van der Waals surface area contributed by atoms with Gasteiger partial charge in [-0.05, 0) is 123 Å². The maximum atomic E-state index is 9.32. The molecular weight excluding hydrogens is 1290 g/mol. The highest BCUT2D eigenvalue weighted by Gasteiger charge is 2.22. The Balaban J connectivity index is 0.000000205. The van der Waals surface area contributed by atoms with Crippen molar-refractivity contribution in [2.45, 2.75) is 104 Å². The number of imidazole rings is 6. The molecule has 10 aromatic rings. The Labute approximate surface area is 597 Å². The molecule has 0 spiro atoms. The van der Waals surface area contributed by atoms with Crippen molar-refractivity contribution in [2.24, 2.45) is 69.1 Å². The lowest BCUT2D eigenvalue weighted by Gasteiger charge is -2.22. The molecule has 2 fully saturated rings. The second kappa shape index (κ2) is 37.3. The minimum Gasteiger partial charge on any atom is -0.395 e. The van der Waals surface area contributed by atoms with Gasteiger partial charge in [0.2, 0.25) is 12.7 Å². The molecule has 2 aliphatic heterocycles. The van der Waals surface area contributed by atoms with E-state index in [1.54, 1.807) is 0 Å². The molecule has 2 saturated heterocycles. The summed E-state index contributed by atoms with van der Waals surface area (Å²) in [7, 11) is 7.95. The lowest BCUT2D eigenvalue weighted by Crippen LogP contribution is -2.32. The first kappa shape index (κ1) is 72.8. The van der Waals surface area contributed by atoms with Crippen LogP contribution in [0.1, 0.15) is 51.4 Å². The van der Waals surface area contributed by atoms with Crippen LogP contribution in [-0.2, 0) is 80.5 Å². The molecule has 0 amide bonds. The van der Waals surface area contributed by atoms with Gasteiger partial charge in [0, 0.05) is 121 Å². The van der Waals surface area contributed by atoms with Gasteiger partial charge < -0.3 is 40.0 Å². The lowest BCUT2D eigenvalue weighted by atomic mass is 10.2. The zero-order chi connectivity index (χ0) is 70.8. The fourth-order valence-corrected chi connectivity index (χ4v) is 12.9. The number of rotatable bonds is 36. The first-order chi connectivity index (χ1) is 50.0. The Morgan fingerprint density at radius 3 is 0.912 bits per heavy atom. The van der Waals surface area contributed by atoms with Crippen LogP contribution in [0, 0.1) is 0 Å². The van der Waals surface area contributed by atoms with Gasteiger partial charge >= 0.3 is 23.8 Å². The van der Waals surface area contributed by atoms with E-state index in [-0.39, 0.29) is 26.4 Å². The van der Waals surface area contributed by atoms with Crippen LogP contribution < -0.4 is 47.0 Å². The predicted molar refractivity (Wildman–Crippen MR) is 388 cm³/mol. The fraction of sp³-hybridized carbons (Fsp3) is 0.432. The summed E-state index contributed by atoms with van der Waals surface area (Å²) in [5.74, 6) is 3.21. The van der Waals surface area contributed by atoms with Crippen molar-refractivity contribution in [3.8, 4) is 0 Å². The third-order valence-corrected chi connectivity index (χ3v) is 18.5. The molecule has 0 unspecified atom stereocenters. The molecule has 4 aromatic carbocycles. The van der Waals surface area contributed by atoms with Crippen LogP contribution in [-0.4, -0.2) is 127 Å². The van der Waals surface area contributed by atoms with Gasteiger partial charge in [-0.3, -0.25) is 0 Å². The summed E-state index contributed by atoms with van der Waals surface area (Å²) in [6.07, 6.45) is 38.1. The first-order valence-electron chi connectivity index (χ1n) is 35.8. The molecule has 28 heteroatoms. The van der Waals surface area contributed by atoms with E-state index >= 15 is 0 Å². The van der Waals surface area contributed by atoms with Crippen molar-refractivity contribution in [2.75, 3.05) is 98.4 Å². The number of aliphatic hydroxyl groups is 4. The zero-order valence-electron chi connectivity index (χ0n) is 59.6. The molecule has 102 heavy (non-hydrogen) atoms. The van der Waals surface area contributed by atoms with Gasteiger partial charge in [-0.25, -0.2) is 54.8 Å². The molecule has 0 bridgehead atoms. The SMILES string of the molecule is C[n+]1ccn(CCCn2cc[n+](CCCn3cc[n+](C)c3N=Nc3ccc(N(CCO)CCO)cc3)c2)c1N=Nc1ccc(N(CCO)CCO)cc1.C[n+]1ccn(CCCn2cc[n+](CCCn3cc[n+](C)c3N=Nc3ccc(N4CCCC4)cc3)c2)c1N=Nc1ccc(N2CCCC2)cc1. The Hall–Kier alpha value is -10.4. The average Bonchev–Trinajstić information content (AvgIpc) is 1.68. The lowest BCUT2D eigenvalue weighted by molar-refractivity contribution is -0.697. The Morgan fingerprint density at radius 1 is 0.333 bits per heavy atom. The number of aliphatic hydroxyl groups excluding tert-OH is 4. The van der Waals surface area contributed by atoms with E-state index in [4.69, 9.17) is 0 Å². The number of anilines is 4. The van der Waals surface area contributed by atoms with Gasteiger partial charge in [-0.2, -0.15) is 0 Å². The summed E-state index contributed by atoms with van der Waals surface area (Å²) in [4.78, 5) is 8.71. The molecule has 4 N–H and O–H groups in total. The summed E-state index contributed by atoms with van der Waals surface area (Å²) < 4.78 is 25.4. The molecule has 0 saturated carbocycles. The van der Waals surface area contributed by atoms with E-state index in [1.165, 1.54) is 37.1 Å². The summed E-state index contributed by atoms with van der Waals surface area (Å²) in [6, 6.07) is 32.1. The second-order valence-corrected chi connectivity index (χ2v) is 25.9. The van der Waals surface area contributed by atoms with Crippen molar-refractivity contribution in [3.63, 3.8) is 0 Å². The zero-order valence-corrected chi connectivity index (χ0v) is 59.6. The number of hydrogen-bond acceptors (Lipinski definition) is 16. The summed E-state index contributed by atoms with van der Waals surface area (Å²) in [5.41, 5.74) is 7.57. The molecule has 536 valence electrons. The average molecular weight is 1390 g/mol. The largest absolute Gasteiger partial charge is 0.421 e. The minimum absolute atomic E-state index is 0.0175. The standard InChI is InChI=1S/C37H53N12O4.C37H49N12/c1-42-17-21-48(36(42)40-38-32-5-9-34(10-6-32)46(23-27-50)24-28-51)15-3-13-44-19-20-45(31-44)14-4-16-49-22-18-43(2)37(49)41-39-33-7-11-35(12-8-33)47(25-29-52)26-30-53;1-42-25-29-48(36(42)40-38-32-9-13-34(14-10-32)46-19-3-4-20-46)23-7-17-44-27-28-45(31-44)18-8-24-49-30-26-43(2)37(49)41-39-33-11-15-35(16-12-33)47-21-5-6-22-47/h5-12,17-22,31,50-53H,3-4,13-16,23-30H2,1-2H3;9-16,25-31H,3-8,17-24H2,1-2H3/q2*+3. The Kier molecular flexibility index (Phi) is 26.6. The third-order valence-electron chi connectivity index (χ3n) is 18.5. The maximum absolute atomic E-state index is 9.32. The maximum Gasteiger partial charge on any atom is 0.421 e. The smallest absolute Gasteiger partial charge is 0.395 e. The normalized spacial score (nSPS) is 13.4. The monoisotopic (exact) mass is 1390 g/mol. The van der Waals surface area contributed by atoms with E-state index in [0.29, 0.717) is 26.2 Å². The van der Waals surface area contributed by atoms with Crippen molar-refractivity contribution in [3.05, 3.63) is 184 Å². The second-order valence-electron chi connectivity index (χ2n) is 25.9. The minimum atomic E-state index is 0.0175. The number of benzene rings is 4. The number of azo groups is 4. The molecule has 0 atom stereocenters. The van der Waals surface area contributed by atoms with Crippen LogP contribution in [0.2, 0.25) is 0 Å². The van der Waals surface area contributed by atoms with Crippen LogP contribution in [0.5, 0.6) is 0 Å². The number of hydrogen-bond donors (Lipinski definition) is 4. The first-order valence-corrected chi connectivity index (χ1v) is 35.8. The van der Waals surface area contributed by atoms with E-state index in [1.807, 2.05) is 142 Å². The highest BCUT2D eigenvalue weighted by Crippen LogP contribution is 2.28. The molecule has 8 heterocycles. The molecule has 28 nitrogen and oxygen atoms in total. The third kappa shape index (κ3) is 20.4. The molecule has 2 aliphatic rings. The molecule has 0 radical (unpaired) electrons. The van der Waals surface area contributed by atoms with E-state index in [9.17, 15) is 20.4 Å². The Bertz CT molecular complexity index is 4000. The van der Waals surface area contributed by atoms with Gasteiger partial charge in [0.1, 0.15) is 47.5 Å². The van der Waals surface area contributed by atoms with E-state index < -0.39 is 0 Å². The van der Waals surface area contributed by atoms with Crippen molar-refractivity contribution in [1.82, 2.24) is 27.4 Å². The summed E-state index contributed by atoms with van der Waals surface area (Å²) in [5, 5.41) is 73.6. The van der Waals surface area contributed by atoms with Crippen LogP contribution >= 0.6 is 0 Å². The highest BCUT2D eigenvalue weighted by atomic mass is 16.3. The molecule has 12 rings (SSSR count). The van der Waals surface area contributed by atoms with Gasteiger partial charge in [-0.15, -0.1) is 0 Å².